The van der Waals surface area contributed by atoms with E-state index in [1.54, 1.807) is 0 Å². The van der Waals surface area contributed by atoms with E-state index in [0.717, 1.165) is 83.5 Å². The summed E-state index contributed by atoms with van der Waals surface area (Å²) < 4.78 is 6.01. The van der Waals surface area contributed by atoms with Crippen molar-refractivity contribution in [3.05, 3.63) is 48.6 Å². The van der Waals surface area contributed by atoms with Crippen LogP contribution in [0.25, 0.3) is 0 Å². The molecule has 0 aliphatic carbocycles. The van der Waals surface area contributed by atoms with Gasteiger partial charge in [-0.15, -0.1) is 0 Å². The van der Waals surface area contributed by atoms with Gasteiger partial charge >= 0.3 is 11.9 Å². The van der Waals surface area contributed by atoms with Crippen molar-refractivity contribution in [2.24, 2.45) is 0 Å². The highest BCUT2D eigenvalue weighted by molar-refractivity contribution is 5.69. The number of hydrogen-bond acceptors (Lipinski definition) is 3. The van der Waals surface area contributed by atoms with Crippen molar-refractivity contribution in [2.45, 2.75) is 219 Å². The van der Waals surface area contributed by atoms with Gasteiger partial charge in [-0.3, -0.25) is 9.59 Å². The van der Waals surface area contributed by atoms with Gasteiger partial charge in [-0.05, 0) is 83.5 Å². The van der Waals surface area contributed by atoms with Crippen LogP contribution in [0.4, 0.5) is 0 Å². The first kappa shape index (κ1) is 45.9. The molecule has 0 heterocycles. The van der Waals surface area contributed by atoms with E-state index in [1.807, 2.05) is 0 Å². The van der Waals surface area contributed by atoms with Gasteiger partial charge in [0, 0.05) is 12.8 Å². The Labute approximate surface area is 298 Å². The largest absolute Gasteiger partial charge is 0.481 e. The van der Waals surface area contributed by atoms with E-state index in [2.05, 4.69) is 62.5 Å². The highest BCUT2D eigenvalue weighted by atomic mass is 16.5. The van der Waals surface area contributed by atoms with Gasteiger partial charge in [0.15, 0.2) is 0 Å². The fourth-order valence-corrected chi connectivity index (χ4v) is 5.99. The van der Waals surface area contributed by atoms with Gasteiger partial charge in [-0.1, -0.05) is 165 Å². The summed E-state index contributed by atoms with van der Waals surface area (Å²) in [6.45, 7) is 4.50. The Morgan fingerprint density at radius 3 is 1.29 bits per heavy atom. The average Bonchev–Trinajstić information content (AvgIpc) is 3.07. The van der Waals surface area contributed by atoms with Crippen LogP contribution in [0.2, 0.25) is 0 Å². The van der Waals surface area contributed by atoms with Crippen molar-refractivity contribution >= 4 is 11.9 Å². The molecule has 0 rings (SSSR count). The molecule has 0 aromatic heterocycles. The van der Waals surface area contributed by atoms with E-state index < -0.39 is 5.97 Å². The average molecular weight is 671 g/mol. The van der Waals surface area contributed by atoms with E-state index in [4.69, 9.17) is 9.84 Å². The second-order valence-electron chi connectivity index (χ2n) is 13.8. The number of aliphatic carboxylic acids is 1. The molecule has 0 fully saturated rings. The third-order valence-electron chi connectivity index (χ3n) is 9.05. The normalized spacial score (nSPS) is 12.7. The van der Waals surface area contributed by atoms with Crippen molar-refractivity contribution in [1.82, 2.24) is 0 Å². The molecular formula is C44H78O4. The van der Waals surface area contributed by atoms with Gasteiger partial charge in [-0.25, -0.2) is 0 Å². The predicted octanol–water partition coefficient (Wildman–Crippen LogP) is 14.3. The van der Waals surface area contributed by atoms with Gasteiger partial charge in [0.1, 0.15) is 6.10 Å². The van der Waals surface area contributed by atoms with Crippen molar-refractivity contribution in [3.8, 4) is 0 Å². The molecule has 4 nitrogen and oxygen atoms in total. The van der Waals surface area contributed by atoms with E-state index in [9.17, 15) is 9.59 Å². The lowest BCUT2D eigenvalue weighted by molar-refractivity contribution is -0.150. The topological polar surface area (TPSA) is 63.6 Å². The van der Waals surface area contributed by atoms with Gasteiger partial charge < -0.3 is 9.84 Å². The van der Waals surface area contributed by atoms with E-state index >= 15 is 0 Å². The molecule has 48 heavy (non-hydrogen) atoms. The molecule has 0 aliphatic rings. The number of carboxylic acids is 1. The third-order valence-corrected chi connectivity index (χ3v) is 9.05. The minimum Gasteiger partial charge on any atom is -0.481 e. The first-order chi connectivity index (χ1) is 23.6. The maximum atomic E-state index is 12.7. The van der Waals surface area contributed by atoms with Gasteiger partial charge in [-0.2, -0.15) is 0 Å². The number of carbonyl (C=O) groups excluding carboxylic acids is 1. The summed E-state index contributed by atoms with van der Waals surface area (Å²) in [6, 6.07) is 0. The molecule has 4 heteroatoms. The Morgan fingerprint density at radius 2 is 0.812 bits per heavy atom. The molecule has 0 radical (unpaired) electrons. The van der Waals surface area contributed by atoms with E-state index in [0.29, 0.717) is 12.8 Å². The van der Waals surface area contributed by atoms with E-state index in [1.165, 1.54) is 103 Å². The van der Waals surface area contributed by atoms with Crippen LogP contribution in [-0.2, 0) is 14.3 Å². The summed E-state index contributed by atoms with van der Waals surface area (Å²) in [5.41, 5.74) is 0. The Bertz CT molecular complexity index is 809. The van der Waals surface area contributed by atoms with Crippen LogP contribution < -0.4 is 0 Å². The summed E-state index contributed by atoms with van der Waals surface area (Å²) in [7, 11) is 0. The molecule has 278 valence electrons. The summed E-state index contributed by atoms with van der Waals surface area (Å²) in [6.07, 6.45) is 52.8. The molecule has 0 spiro atoms. The monoisotopic (exact) mass is 671 g/mol. The number of carbonyl (C=O) groups is 2. The molecular weight excluding hydrogens is 592 g/mol. The van der Waals surface area contributed by atoms with Gasteiger partial charge in [0.2, 0.25) is 0 Å². The minimum atomic E-state index is -0.684. The molecule has 0 aliphatic heterocycles. The number of esters is 1. The zero-order valence-corrected chi connectivity index (χ0v) is 31.8. The van der Waals surface area contributed by atoms with Crippen LogP contribution in [0, 0.1) is 0 Å². The second kappa shape index (κ2) is 39.3. The smallest absolute Gasteiger partial charge is 0.306 e. The Morgan fingerprint density at radius 1 is 0.458 bits per heavy atom. The van der Waals surface area contributed by atoms with Crippen LogP contribution >= 0.6 is 0 Å². The lowest BCUT2D eigenvalue weighted by Crippen LogP contribution is -2.18. The summed E-state index contributed by atoms with van der Waals surface area (Å²) >= 11 is 0. The standard InChI is InChI=1S/C44H78O4/c1-3-5-7-9-11-12-13-14-15-16-17-18-19-20-21-22-23-24-29-33-37-41-44(47)48-42(38-34-30-10-8-6-4-2)39-35-31-27-25-26-28-32-36-40-43(45)46/h11-12,14-15,17-18,20-21,42H,3-10,13,16,19,22-41H2,1-2H3,(H,45,46)/b12-11-,15-14-,18-17-,21-20-. The number of rotatable bonds is 37. The molecule has 0 aromatic rings. The molecule has 1 atom stereocenters. The predicted molar refractivity (Wildman–Crippen MR) is 209 cm³/mol. The van der Waals surface area contributed by atoms with Gasteiger partial charge in [0.25, 0.3) is 0 Å². The molecule has 0 saturated heterocycles. The first-order valence-corrected chi connectivity index (χ1v) is 20.6. The number of carboxylic acid groups (broad SMARTS) is 1. The zero-order valence-electron chi connectivity index (χ0n) is 31.8. The quantitative estimate of drug-likeness (QED) is 0.0406. The number of unbranched alkanes of at least 4 members (excludes halogenated alkanes) is 20. The van der Waals surface area contributed by atoms with E-state index in [-0.39, 0.29) is 12.1 Å². The molecule has 0 aromatic carbocycles. The lowest BCUT2D eigenvalue weighted by Gasteiger charge is -2.18. The van der Waals surface area contributed by atoms with Crippen LogP contribution in [0.5, 0.6) is 0 Å². The second-order valence-corrected chi connectivity index (χ2v) is 13.8. The fourth-order valence-electron chi connectivity index (χ4n) is 5.99. The SMILES string of the molecule is CCCCC/C=C\C/C=C\C/C=C\C/C=C\CCCCCCCC(=O)OC(CCCCCCCC)CCCCCCCCCCC(=O)O. The maximum absolute atomic E-state index is 12.7. The summed E-state index contributed by atoms with van der Waals surface area (Å²) in [5.74, 6) is -0.677. The van der Waals surface area contributed by atoms with Crippen LogP contribution in [-0.4, -0.2) is 23.1 Å². The Hall–Kier alpha value is -2.10. The van der Waals surface area contributed by atoms with Crippen LogP contribution in [0.3, 0.4) is 0 Å². The maximum Gasteiger partial charge on any atom is 0.306 e. The first-order valence-electron chi connectivity index (χ1n) is 20.6. The van der Waals surface area contributed by atoms with Gasteiger partial charge in [0.05, 0.1) is 0 Å². The molecule has 0 amide bonds. The molecule has 1 unspecified atom stereocenters. The molecule has 0 saturated carbocycles. The molecule has 1 N–H and O–H groups in total. The van der Waals surface area contributed by atoms with Crippen molar-refractivity contribution in [1.29, 1.82) is 0 Å². The summed E-state index contributed by atoms with van der Waals surface area (Å²) in [4.78, 5) is 23.3. The number of ether oxygens (including phenoxy) is 1. The third kappa shape index (κ3) is 38.3. The van der Waals surface area contributed by atoms with Crippen molar-refractivity contribution in [2.75, 3.05) is 0 Å². The summed E-state index contributed by atoms with van der Waals surface area (Å²) in [5, 5.41) is 8.74. The fraction of sp³-hybridized carbons (Fsp3) is 0.773. The zero-order chi connectivity index (χ0) is 35.0. The Kier molecular flexibility index (Phi) is 37.6. The number of allylic oxidation sites excluding steroid dienone is 8. The minimum absolute atomic E-state index is 0.00784. The van der Waals surface area contributed by atoms with Crippen LogP contribution in [0.15, 0.2) is 48.6 Å². The van der Waals surface area contributed by atoms with Crippen LogP contribution in [0.1, 0.15) is 213 Å². The lowest BCUT2D eigenvalue weighted by atomic mass is 10.0. The highest BCUT2D eigenvalue weighted by Crippen LogP contribution is 2.19. The highest BCUT2D eigenvalue weighted by Gasteiger charge is 2.14. The van der Waals surface area contributed by atoms with Crippen molar-refractivity contribution < 1.29 is 19.4 Å². The number of hydrogen-bond donors (Lipinski definition) is 1. The molecule has 0 bridgehead atoms. The van der Waals surface area contributed by atoms with Crippen molar-refractivity contribution in [3.63, 3.8) is 0 Å². The Balaban J connectivity index is 3.94.